The van der Waals surface area contributed by atoms with Crippen molar-refractivity contribution in [2.45, 2.75) is 46.7 Å². The third-order valence-electron chi connectivity index (χ3n) is 3.77. The van der Waals surface area contributed by atoms with Crippen LogP contribution in [0.5, 0.6) is 0 Å². The minimum atomic E-state index is -1.40. The number of nitrogens with one attached hydrogen (secondary N) is 1. The van der Waals surface area contributed by atoms with Crippen molar-refractivity contribution in [2.24, 2.45) is 0 Å². The molecule has 0 saturated heterocycles. The van der Waals surface area contributed by atoms with Gasteiger partial charge < -0.3 is 10.4 Å². The molecule has 0 aliphatic carbocycles. The van der Waals surface area contributed by atoms with Crippen LogP contribution in [0.25, 0.3) is 10.2 Å². The number of aliphatic carboxylic acids is 1. The van der Waals surface area contributed by atoms with Gasteiger partial charge in [-0.25, -0.2) is 9.78 Å². The highest BCUT2D eigenvalue weighted by Gasteiger charge is 2.29. The molecule has 2 rings (SSSR count). The first kappa shape index (κ1) is 17.1. The molecule has 0 aromatic carbocycles. The van der Waals surface area contributed by atoms with E-state index in [1.165, 1.54) is 29.8 Å². The highest BCUT2D eigenvalue weighted by atomic mass is 32.1. The predicted molar refractivity (Wildman–Crippen MR) is 87.9 cm³/mol. The Morgan fingerprint density at radius 3 is 2.48 bits per heavy atom. The molecular formula is C15H19N3O4S. The summed E-state index contributed by atoms with van der Waals surface area (Å²) in [7, 11) is 0. The topological polar surface area (TPSA) is 101 Å². The molecule has 1 amide bonds. The maximum absolute atomic E-state index is 12.7. The van der Waals surface area contributed by atoms with Gasteiger partial charge in [0, 0.05) is 4.88 Å². The van der Waals surface area contributed by atoms with Crippen LogP contribution in [0, 0.1) is 20.8 Å². The molecule has 0 atom stereocenters. The summed E-state index contributed by atoms with van der Waals surface area (Å²) in [5, 5.41) is 12.0. The molecule has 2 heterocycles. The zero-order valence-corrected chi connectivity index (χ0v) is 14.5. The Balaban J connectivity index is 2.41. The van der Waals surface area contributed by atoms with E-state index in [1.807, 2.05) is 13.8 Å². The van der Waals surface area contributed by atoms with Gasteiger partial charge in [0.25, 0.3) is 5.56 Å². The van der Waals surface area contributed by atoms with Crippen LogP contribution in [0.2, 0.25) is 0 Å². The van der Waals surface area contributed by atoms with Crippen molar-refractivity contribution in [3.05, 3.63) is 26.6 Å². The summed E-state index contributed by atoms with van der Waals surface area (Å²) in [5.41, 5.74) is -0.818. The molecule has 0 unspecified atom stereocenters. The average Bonchev–Trinajstić information content (AvgIpc) is 2.69. The molecule has 23 heavy (non-hydrogen) atoms. The zero-order valence-electron chi connectivity index (χ0n) is 13.7. The van der Waals surface area contributed by atoms with E-state index in [2.05, 4.69) is 10.3 Å². The van der Waals surface area contributed by atoms with Crippen molar-refractivity contribution in [3.63, 3.8) is 0 Å². The molecule has 0 aliphatic heterocycles. The van der Waals surface area contributed by atoms with E-state index in [-0.39, 0.29) is 12.1 Å². The van der Waals surface area contributed by atoms with Gasteiger partial charge in [0.15, 0.2) is 0 Å². The maximum atomic E-state index is 12.7. The third-order valence-corrected chi connectivity index (χ3v) is 4.87. The second-order valence-corrected chi connectivity index (χ2v) is 7.20. The minimum Gasteiger partial charge on any atom is -0.480 e. The number of fused-ring (bicyclic) bond motifs is 1. The summed E-state index contributed by atoms with van der Waals surface area (Å²) in [5.74, 6) is -1.27. The first-order chi connectivity index (χ1) is 10.5. The first-order valence-corrected chi connectivity index (χ1v) is 7.87. The normalized spacial score (nSPS) is 11.7. The van der Waals surface area contributed by atoms with Crippen molar-refractivity contribution in [1.29, 1.82) is 0 Å². The number of hydrogen-bond acceptors (Lipinski definition) is 5. The summed E-state index contributed by atoms with van der Waals surface area (Å²) >= 11 is 1.45. The van der Waals surface area contributed by atoms with Gasteiger partial charge >= 0.3 is 5.97 Å². The Kier molecular flexibility index (Phi) is 4.30. The fourth-order valence-corrected chi connectivity index (χ4v) is 3.27. The van der Waals surface area contributed by atoms with E-state index in [4.69, 9.17) is 5.11 Å². The smallest absolute Gasteiger partial charge is 0.328 e. The lowest BCUT2D eigenvalue weighted by Crippen LogP contribution is -2.51. The van der Waals surface area contributed by atoms with E-state index in [0.29, 0.717) is 16.0 Å². The Morgan fingerprint density at radius 2 is 1.91 bits per heavy atom. The number of nitrogens with zero attached hydrogens (tertiary/aromatic N) is 2. The zero-order chi connectivity index (χ0) is 17.5. The summed E-state index contributed by atoms with van der Waals surface area (Å²) in [6, 6.07) is 0. The third kappa shape index (κ3) is 3.12. The van der Waals surface area contributed by atoms with Crippen LogP contribution in [-0.4, -0.2) is 32.1 Å². The SMILES string of the molecule is Cc1sc2nc(C)n(CC(=O)NC(C)(C)C(=O)O)c(=O)c2c1C. The fraction of sp³-hybridized carbons (Fsp3) is 0.467. The van der Waals surface area contributed by atoms with Crippen molar-refractivity contribution in [2.75, 3.05) is 0 Å². The number of amides is 1. The number of carbonyl (C=O) groups excluding carboxylic acids is 1. The van der Waals surface area contributed by atoms with Crippen LogP contribution in [-0.2, 0) is 16.1 Å². The van der Waals surface area contributed by atoms with Crippen LogP contribution in [0.1, 0.15) is 30.1 Å². The van der Waals surface area contributed by atoms with Gasteiger partial charge in [-0.2, -0.15) is 0 Å². The lowest BCUT2D eigenvalue weighted by atomic mass is 10.1. The number of aryl methyl sites for hydroxylation is 3. The largest absolute Gasteiger partial charge is 0.480 e. The molecule has 2 aromatic rings. The van der Waals surface area contributed by atoms with Crippen LogP contribution in [0.3, 0.4) is 0 Å². The Bertz CT molecular complexity index is 864. The van der Waals surface area contributed by atoms with E-state index in [1.54, 1.807) is 6.92 Å². The molecular weight excluding hydrogens is 318 g/mol. The monoisotopic (exact) mass is 337 g/mol. The molecule has 0 spiro atoms. The predicted octanol–water partition coefficient (Wildman–Crippen LogP) is 1.36. The van der Waals surface area contributed by atoms with Gasteiger partial charge in [-0.1, -0.05) is 0 Å². The number of rotatable bonds is 4. The first-order valence-electron chi connectivity index (χ1n) is 7.06. The summed E-state index contributed by atoms with van der Waals surface area (Å²) in [4.78, 5) is 41.9. The quantitative estimate of drug-likeness (QED) is 0.877. The molecule has 0 radical (unpaired) electrons. The molecule has 0 bridgehead atoms. The molecule has 7 nitrogen and oxygen atoms in total. The Labute approximate surface area is 137 Å². The summed E-state index contributed by atoms with van der Waals surface area (Å²) in [6.07, 6.45) is 0. The van der Waals surface area contributed by atoms with E-state index in [9.17, 15) is 14.4 Å². The molecule has 2 N–H and O–H groups in total. The van der Waals surface area contributed by atoms with Crippen molar-refractivity contribution >= 4 is 33.4 Å². The molecule has 124 valence electrons. The van der Waals surface area contributed by atoms with Gasteiger partial charge in [-0.05, 0) is 40.2 Å². The Morgan fingerprint density at radius 1 is 1.30 bits per heavy atom. The average molecular weight is 337 g/mol. The number of aromatic nitrogens is 2. The Hall–Kier alpha value is -2.22. The molecule has 2 aromatic heterocycles. The van der Waals surface area contributed by atoms with Crippen LogP contribution in [0.4, 0.5) is 0 Å². The van der Waals surface area contributed by atoms with E-state index >= 15 is 0 Å². The number of thiophene rings is 1. The molecule has 0 aliphatic rings. The van der Waals surface area contributed by atoms with Crippen LogP contribution >= 0.6 is 11.3 Å². The van der Waals surface area contributed by atoms with Crippen molar-refractivity contribution < 1.29 is 14.7 Å². The second-order valence-electron chi connectivity index (χ2n) is 5.99. The molecule has 0 saturated carbocycles. The number of carboxylic acids is 1. The van der Waals surface area contributed by atoms with Crippen LogP contribution < -0.4 is 10.9 Å². The second kappa shape index (κ2) is 5.77. The van der Waals surface area contributed by atoms with Gasteiger partial charge in [-0.3, -0.25) is 14.2 Å². The fourth-order valence-electron chi connectivity index (χ4n) is 2.20. The van der Waals surface area contributed by atoms with Crippen molar-refractivity contribution in [1.82, 2.24) is 14.9 Å². The molecule has 8 heteroatoms. The summed E-state index contributed by atoms with van der Waals surface area (Å²) < 4.78 is 1.27. The van der Waals surface area contributed by atoms with E-state index in [0.717, 1.165) is 10.4 Å². The maximum Gasteiger partial charge on any atom is 0.328 e. The van der Waals surface area contributed by atoms with Crippen LogP contribution in [0.15, 0.2) is 4.79 Å². The van der Waals surface area contributed by atoms with Gasteiger partial charge in [0.05, 0.1) is 5.39 Å². The van der Waals surface area contributed by atoms with Gasteiger partial charge in [0.1, 0.15) is 22.7 Å². The number of hydrogen-bond donors (Lipinski definition) is 2. The lowest BCUT2D eigenvalue weighted by Gasteiger charge is -2.21. The van der Waals surface area contributed by atoms with E-state index < -0.39 is 17.4 Å². The number of carboxylic acid groups (broad SMARTS) is 1. The highest BCUT2D eigenvalue weighted by Crippen LogP contribution is 2.26. The summed E-state index contributed by atoms with van der Waals surface area (Å²) in [6.45, 7) is 7.93. The lowest BCUT2D eigenvalue weighted by molar-refractivity contribution is -0.146. The highest BCUT2D eigenvalue weighted by molar-refractivity contribution is 7.18. The van der Waals surface area contributed by atoms with Gasteiger partial charge in [0.2, 0.25) is 5.91 Å². The van der Waals surface area contributed by atoms with Gasteiger partial charge in [-0.15, -0.1) is 11.3 Å². The number of carbonyl (C=O) groups is 2. The van der Waals surface area contributed by atoms with Crippen molar-refractivity contribution in [3.8, 4) is 0 Å². The molecule has 0 fully saturated rings. The minimum absolute atomic E-state index is 0.265. The standard InChI is InChI=1S/C15H19N3O4S/c1-7-8(2)23-12-11(7)13(20)18(9(3)16-12)6-10(19)17-15(4,5)14(21)22/h6H2,1-5H3,(H,17,19)(H,21,22).